The van der Waals surface area contributed by atoms with Gasteiger partial charge >= 0.3 is 0 Å². The first kappa shape index (κ1) is 16.5. The van der Waals surface area contributed by atoms with Crippen molar-refractivity contribution in [2.45, 2.75) is 13.3 Å². The van der Waals surface area contributed by atoms with Crippen molar-refractivity contribution in [1.29, 1.82) is 0 Å². The van der Waals surface area contributed by atoms with E-state index in [1.165, 1.54) is 17.7 Å². The van der Waals surface area contributed by atoms with Crippen molar-refractivity contribution >= 4 is 39.1 Å². The lowest BCUT2D eigenvalue weighted by atomic mass is 10.3. The van der Waals surface area contributed by atoms with Gasteiger partial charge in [0.15, 0.2) is 6.61 Å². The molecule has 0 spiro atoms. The zero-order valence-electron chi connectivity index (χ0n) is 12.8. The molecule has 8 heteroatoms. The van der Waals surface area contributed by atoms with Crippen LogP contribution in [-0.2, 0) is 11.2 Å². The third kappa shape index (κ3) is 3.42. The van der Waals surface area contributed by atoms with Crippen LogP contribution in [0.4, 0.5) is 0 Å². The Kier molecular flexibility index (Phi) is 4.82. The highest BCUT2D eigenvalue weighted by atomic mass is 35.5. The molecule has 1 N–H and O–H groups in total. The summed E-state index contributed by atoms with van der Waals surface area (Å²) in [6.07, 6.45) is 2.13. The molecule has 0 radical (unpaired) electrons. The van der Waals surface area contributed by atoms with Crippen LogP contribution in [0.3, 0.4) is 0 Å². The molecular weight excluding hydrogens is 350 g/mol. The van der Waals surface area contributed by atoms with Crippen LogP contribution in [0.1, 0.15) is 11.8 Å². The molecule has 0 saturated heterocycles. The molecule has 1 amide bonds. The SMILES string of the molecule is CCc1cc2c(=O)n(NC(=O)COc3ccccc3Cl)cnc2s1. The average Bonchev–Trinajstić information content (AvgIpc) is 3.01. The summed E-state index contributed by atoms with van der Waals surface area (Å²) >= 11 is 7.43. The standard InChI is InChI=1S/C16H14ClN3O3S/c1-2-10-7-11-15(24-10)18-9-20(16(11)22)19-14(21)8-23-13-6-4-3-5-12(13)17/h3-7,9H,2,8H2,1H3,(H,19,21). The predicted octanol–water partition coefficient (Wildman–Crippen LogP) is 2.82. The largest absolute Gasteiger partial charge is 0.482 e. The molecule has 2 aromatic heterocycles. The maximum atomic E-state index is 12.4. The van der Waals surface area contributed by atoms with Gasteiger partial charge in [-0.3, -0.25) is 15.0 Å². The normalized spacial score (nSPS) is 10.8. The third-order valence-electron chi connectivity index (χ3n) is 3.29. The maximum absolute atomic E-state index is 12.4. The minimum absolute atomic E-state index is 0.266. The number of carbonyl (C=O) groups excluding carboxylic acids is 1. The number of aryl methyl sites for hydroxylation is 1. The van der Waals surface area contributed by atoms with Crippen molar-refractivity contribution < 1.29 is 9.53 Å². The van der Waals surface area contributed by atoms with E-state index in [4.69, 9.17) is 16.3 Å². The van der Waals surface area contributed by atoms with Crippen LogP contribution in [0.25, 0.3) is 10.2 Å². The van der Waals surface area contributed by atoms with Crippen molar-refractivity contribution in [2.24, 2.45) is 0 Å². The second-order valence-corrected chi connectivity index (χ2v) is 6.48. The monoisotopic (exact) mass is 363 g/mol. The maximum Gasteiger partial charge on any atom is 0.280 e. The Morgan fingerprint density at radius 3 is 2.96 bits per heavy atom. The minimum Gasteiger partial charge on any atom is -0.482 e. The first-order valence-corrected chi connectivity index (χ1v) is 8.45. The molecule has 3 rings (SSSR count). The number of ether oxygens (including phenoxy) is 1. The highest BCUT2D eigenvalue weighted by Gasteiger charge is 2.11. The van der Waals surface area contributed by atoms with Crippen LogP contribution in [0.15, 0.2) is 41.5 Å². The van der Waals surface area contributed by atoms with E-state index in [-0.39, 0.29) is 12.2 Å². The number of halogens is 1. The summed E-state index contributed by atoms with van der Waals surface area (Å²) in [5.74, 6) is -0.0789. The first-order valence-electron chi connectivity index (χ1n) is 7.25. The van der Waals surface area contributed by atoms with Gasteiger partial charge in [0, 0.05) is 4.88 Å². The van der Waals surface area contributed by atoms with E-state index in [0.717, 1.165) is 16.0 Å². The number of para-hydroxylation sites is 1. The molecule has 24 heavy (non-hydrogen) atoms. The van der Waals surface area contributed by atoms with E-state index in [9.17, 15) is 9.59 Å². The number of rotatable bonds is 5. The average molecular weight is 364 g/mol. The summed E-state index contributed by atoms with van der Waals surface area (Å²) < 4.78 is 6.40. The van der Waals surface area contributed by atoms with Crippen LogP contribution in [0, 0.1) is 0 Å². The van der Waals surface area contributed by atoms with Crippen LogP contribution in [-0.4, -0.2) is 22.2 Å². The number of benzene rings is 1. The number of aromatic nitrogens is 2. The second kappa shape index (κ2) is 7.02. The van der Waals surface area contributed by atoms with E-state index in [0.29, 0.717) is 21.0 Å². The number of hydrogen-bond acceptors (Lipinski definition) is 5. The lowest BCUT2D eigenvalue weighted by Crippen LogP contribution is -2.35. The zero-order valence-corrected chi connectivity index (χ0v) is 14.4. The van der Waals surface area contributed by atoms with Crippen molar-refractivity contribution in [3.05, 3.63) is 56.9 Å². The molecule has 0 bridgehead atoms. The number of fused-ring (bicyclic) bond motifs is 1. The molecule has 3 aromatic rings. The molecule has 124 valence electrons. The summed E-state index contributed by atoms with van der Waals surface area (Å²) in [6, 6.07) is 8.65. The van der Waals surface area contributed by atoms with Gasteiger partial charge in [-0.15, -0.1) is 11.3 Å². The molecule has 0 aliphatic rings. The van der Waals surface area contributed by atoms with E-state index in [1.807, 2.05) is 6.92 Å². The van der Waals surface area contributed by atoms with E-state index in [1.54, 1.807) is 30.3 Å². The summed E-state index contributed by atoms with van der Waals surface area (Å²) in [5.41, 5.74) is 2.14. The van der Waals surface area contributed by atoms with Crippen molar-refractivity contribution in [3.8, 4) is 5.75 Å². The van der Waals surface area contributed by atoms with Crippen molar-refractivity contribution in [1.82, 2.24) is 9.66 Å². The molecule has 0 aliphatic heterocycles. The Morgan fingerprint density at radius 1 is 1.42 bits per heavy atom. The van der Waals surface area contributed by atoms with Gasteiger partial charge in [-0.1, -0.05) is 30.7 Å². The van der Waals surface area contributed by atoms with Crippen molar-refractivity contribution in [3.63, 3.8) is 0 Å². The number of nitrogens with zero attached hydrogens (tertiary/aromatic N) is 2. The smallest absolute Gasteiger partial charge is 0.280 e. The third-order valence-corrected chi connectivity index (χ3v) is 4.79. The number of carbonyl (C=O) groups is 1. The van der Waals surface area contributed by atoms with Crippen LogP contribution in [0.2, 0.25) is 5.02 Å². The topological polar surface area (TPSA) is 73.2 Å². The van der Waals surface area contributed by atoms with Crippen LogP contribution < -0.4 is 15.7 Å². The van der Waals surface area contributed by atoms with Gasteiger partial charge in [0.2, 0.25) is 0 Å². The molecule has 0 aliphatic carbocycles. The minimum atomic E-state index is -0.482. The van der Waals surface area contributed by atoms with Crippen molar-refractivity contribution in [2.75, 3.05) is 12.0 Å². The second-order valence-electron chi connectivity index (χ2n) is 4.96. The van der Waals surface area contributed by atoms with E-state index < -0.39 is 5.91 Å². The molecule has 0 fully saturated rings. The molecular formula is C16H14ClN3O3S. The molecule has 1 aromatic carbocycles. The van der Waals surface area contributed by atoms with Gasteiger partial charge in [-0.05, 0) is 24.6 Å². The molecule has 2 heterocycles. The van der Waals surface area contributed by atoms with Gasteiger partial charge in [0.1, 0.15) is 16.9 Å². The molecule has 0 unspecified atom stereocenters. The number of amides is 1. The fourth-order valence-electron chi connectivity index (χ4n) is 2.10. The van der Waals surface area contributed by atoms with E-state index >= 15 is 0 Å². The lowest BCUT2D eigenvalue weighted by Gasteiger charge is -2.09. The Bertz CT molecular complexity index is 951. The number of hydrogen-bond donors (Lipinski definition) is 1. The Hall–Kier alpha value is -2.38. The number of thiophene rings is 1. The quantitative estimate of drug-likeness (QED) is 0.756. The fraction of sp³-hybridized carbons (Fsp3) is 0.188. The lowest BCUT2D eigenvalue weighted by molar-refractivity contribution is -0.119. The summed E-state index contributed by atoms with van der Waals surface area (Å²) in [4.78, 5) is 30.3. The summed E-state index contributed by atoms with van der Waals surface area (Å²) in [5, 5.41) is 0.905. The Labute approximate surface area is 146 Å². The molecule has 0 saturated carbocycles. The molecule has 0 atom stereocenters. The van der Waals surface area contributed by atoms with Crippen LogP contribution >= 0.6 is 22.9 Å². The van der Waals surface area contributed by atoms with E-state index in [2.05, 4.69) is 10.4 Å². The fourth-order valence-corrected chi connectivity index (χ4v) is 3.21. The van der Waals surface area contributed by atoms with Crippen LogP contribution in [0.5, 0.6) is 5.75 Å². The highest BCUT2D eigenvalue weighted by molar-refractivity contribution is 7.18. The summed E-state index contributed by atoms with van der Waals surface area (Å²) in [6.45, 7) is 1.75. The molecule has 6 nitrogen and oxygen atoms in total. The van der Waals surface area contributed by atoms with Gasteiger partial charge in [-0.2, -0.15) is 0 Å². The highest BCUT2D eigenvalue weighted by Crippen LogP contribution is 2.23. The Balaban J connectivity index is 1.72. The van der Waals surface area contributed by atoms with Gasteiger partial charge in [-0.25, -0.2) is 9.66 Å². The first-order chi connectivity index (χ1) is 11.6. The van der Waals surface area contributed by atoms with Gasteiger partial charge in [0.05, 0.1) is 10.4 Å². The number of nitrogens with one attached hydrogen (secondary N) is 1. The van der Waals surface area contributed by atoms with Gasteiger partial charge in [0.25, 0.3) is 11.5 Å². The predicted molar refractivity (Wildman–Crippen MR) is 94.6 cm³/mol. The summed E-state index contributed by atoms with van der Waals surface area (Å²) in [7, 11) is 0. The van der Waals surface area contributed by atoms with Gasteiger partial charge < -0.3 is 4.74 Å². The zero-order chi connectivity index (χ0) is 17.1. The Morgan fingerprint density at radius 2 is 2.21 bits per heavy atom.